The Morgan fingerprint density at radius 3 is 2.78 bits per heavy atom. The van der Waals surface area contributed by atoms with E-state index < -0.39 is 11.6 Å². The van der Waals surface area contributed by atoms with Crippen molar-refractivity contribution in [2.45, 2.75) is 50.2 Å². The molecule has 45 heavy (non-hydrogen) atoms. The van der Waals surface area contributed by atoms with Gasteiger partial charge in [-0.1, -0.05) is 12.0 Å². The minimum absolute atomic E-state index is 0.00396. The number of rotatable bonds is 6. The fourth-order valence-corrected chi connectivity index (χ4v) is 7.67. The van der Waals surface area contributed by atoms with Crippen LogP contribution in [0.25, 0.3) is 32.9 Å². The van der Waals surface area contributed by atoms with Gasteiger partial charge in [0.15, 0.2) is 5.82 Å². The highest BCUT2D eigenvalue weighted by atomic mass is 19.1. The van der Waals surface area contributed by atoms with Crippen molar-refractivity contribution in [3.63, 3.8) is 0 Å². The third-order valence-electron chi connectivity index (χ3n) is 10.4. The van der Waals surface area contributed by atoms with E-state index in [4.69, 9.17) is 20.9 Å². The number of piperazine rings is 1. The summed E-state index contributed by atoms with van der Waals surface area (Å²) in [5.41, 5.74) is 0.0274. The maximum absolute atomic E-state index is 17.0. The lowest BCUT2D eigenvalue weighted by Crippen LogP contribution is -2.60. The predicted octanol–water partition coefficient (Wildman–Crippen LogP) is 4.38. The van der Waals surface area contributed by atoms with E-state index in [0.29, 0.717) is 42.4 Å². The topological polar surface area (TPSA) is 95.9 Å². The largest absolute Gasteiger partial charge is 0.508 e. The lowest BCUT2D eigenvalue weighted by molar-refractivity contribution is 0.111. The molecule has 9 nitrogen and oxygen atoms in total. The molecule has 2 N–H and O–H groups in total. The molecule has 4 aromatic rings. The Balaban J connectivity index is 1.23. The monoisotopic (exact) mass is 610 g/mol. The molecule has 230 valence electrons. The smallest absolute Gasteiger partial charge is 0.319 e. The van der Waals surface area contributed by atoms with E-state index in [9.17, 15) is 9.50 Å². The van der Waals surface area contributed by atoms with Crippen LogP contribution in [-0.4, -0.2) is 82.5 Å². The van der Waals surface area contributed by atoms with Crippen molar-refractivity contribution in [3.05, 3.63) is 41.5 Å². The maximum Gasteiger partial charge on any atom is 0.319 e. The Labute approximate surface area is 258 Å². The number of halogens is 2. The molecule has 0 spiro atoms. The molecular weight excluding hydrogens is 578 g/mol. The quantitative estimate of drug-likeness (QED) is 0.309. The normalized spacial score (nSPS) is 24.5. The summed E-state index contributed by atoms with van der Waals surface area (Å²) < 4.78 is 44.5. The minimum Gasteiger partial charge on any atom is -0.508 e. The number of pyridine rings is 1. The van der Waals surface area contributed by atoms with Crippen molar-refractivity contribution < 1.29 is 23.4 Å². The van der Waals surface area contributed by atoms with Gasteiger partial charge in [0.1, 0.15) is 40.6 Å². The number of ether oxygens (including phenoxy) is 2. The van der Waals surface area contributed by atoms with Gasteiger partial charge < -0.3 is 29.7 Å². The molecule has 6 heterocycles. The summed E-state index contributed by atoms with van der Waals surface area (Å²) in [4.78, 5) is 18.9. The van der Waals surface area contributed by atoms with Crippen LogP contribution in [0.5, 0.6) is 17.6 Å². The van der Waals surface area contributed by atoms with E-state index in [1.807, 2.05) is 0 Å². The summed E-state index contributed by atoms with van der Waals surface area (Å²) in [5.74, 6) is 1.62. The number of fused-ring (bicyclic) bond motifs is 6. The van der Waals surface area contributed by atoms with Gasteiger partial charge in [0.2, 0.25) is 5.88 Å². The van der Waals surface area contributed by atoms with Crippen LogP contribution < -0.4 is 19.7 Å². The molecule has 0 amide bonds. The fourth-order valence-electron chi connectivity index (χ4n) is 7.67. The third-order valence-corrected chi connectivity index (χ3v) is 10.4. The highest BCUT2D eigenvalue weighted by molar-refractivity contribution is 6.04. The average molecular weight is 611 g/mol. The summed E-state index contributed by atoms with van der Waals surface area (Å²) in [6.07, 6.45) is 11.2. The number of aromatic hydroxyl groups is 1. The van der Waals surface area contributed by atoms with Crippen molar-refractivity contribution in [3.8, 4) is 41.2 Å². The SMILES string of the molecule is C#Cc1c(F)ccc2cc(O)cc(-c3nc4c5c(nc(OCC6(CN7CCC7)CC6)nc5c3F)N3C[C@H]5CC[C@H](N5)[C@H]3CO4)c12. The lowest BCUT2D eigenvalue weighted by atomic mass is 9.95. The molecule has 3 atom stereocenters. The number of hydrogen-bond donors (Lipinski definition) is 2. The number of phenolic OH excluding ortho intramolecular Hbond substituents is 1. The van der Waals surface area contributed by atoms with Crippen LogP contribution in [0.15, 0.2) is 24.3 Å². The average Bonchev–Trinajstić information content (AvgIpc) is 3.72. The fraction of sp³-hybridized carbons (Fsp3) is 0.441. The van der Waals surface area contributed by atoms with Crippen molar-refractivity contribution in [2.75, 3.05) is 44.3 Å². The van der Waals surface area contributed by atoms with E-state index in [1.165, 1.54) is 30.7 Å². The van der Waals surface area contributed by atoms with Crippen LogP contribution >= 0.6 is 0 Å². The van der Waals surface area contributed by atoms with Crippen LogP contribution in [0.1, 0.15) is 37.7 Å². The second-order valence-corrected chi connectivity index (χ2v) is 13.3. The summed E-state index contributed by atoms with van der Waals surface area (Å²) in [5, 5.41) is 15.4. The Kier molecular flexibility index (Phi) is 5.93. The zero-order chi connectivity index (χ0) is 30.4. The number of likely N-dealkylation sites (tertiary alicyclic amines) is 1. The van der Waals surface area contributed by atoms with Crippen LogP contribution in [0.2, 0.25) is 0 Å². The maximum atomic E-state index is 17.0. The number of nitrogens with one attached hydrogen (secondary N) is 1. The van der Waals surface area contributed by atoms with E-state index >= 15 is 4.39 Å². The van der Waals surface area contributed by atoms with Crippen LogP contribution in [0, 0.1) is 29.4 Å². The molecule has 0 unspecified atom stereocenters. The van der Waals surface area contributed by atoms with Gasteiger partial charge in [0.25, 0.3) is 0 Å². The third kappa shape index (κ3) is 4.30. The molecule has 0 radical (unpaired) electrons. The van der Waals surface area contributed by atoms with Gasteiger partial charge in [0.05, 0.1) is 18.2 Å². The van der Waals surface area contributed by atoms with Gasteiger partial charge in [-0.15, -0.1) is 6.42 Å². The molecule has 5 aliphatic rings. The first kappa shape index (κ1) is 27.1. The van der Waals surface area contributed by atoms with E-state index in [1.54, 1.807) is 0 Å². The molecule has 2 aromatic heterocycles. The van der Waals surface area contributed by atoms with Gasteiger partial charge in [-0.25, -0.2) is 13.8 Å². The summed E-state index contributed by atoms with van der Waals surface area (Å²) >= 11 is 0. The summed E-state index contributed by atoms with van der Waals surface area (Å²) in [6, 6.07) is 6.10. The van der Waals surface area contributed by atoms with Crippen molar-refractivity contribution in [1.82, 2.24) is 25.2 Å². The summed E-state index contributed by atoms with van der Waals surface area (Å²) in [7, 11) is 0. The van der Waals surface area contributed by atoms with Gasteiger partial charge in [-0.2, -0.15) is 9.97 Å². The molecule has 4 fully saturated rings. The minimum atomic E-state index is -0.747. The summed E-state index contributed by atoms with van der Waals surface area (Å²) in [6.45, 7) is 4.67. The van der Waals surface area contributed by atoms with Gasteiger partial charge in [0, 0.05) is 41.5 Å². The second-order valence-electron chi connectivity index (χ2n) is 13.3. The van der Waals surface area contributed by atoms with Crippen molar-refractivity contribution in [2.24, 2.45) is 5.41 Å². The first-order chi connectivity index (χ1) is 21.9. The molecular formula is C34H32F2N6O3. The molecule has 11 heteroatoms. The Bertz CT molecular complexity index is 1940. The van der Waals surface area contributed by atoms with Crippen LogP contribution in [0.4, 0.5) is 14.6 Å². The molecule has 4 aliphatic heterocycles. The van der Waals surface area contributed by atoms with E-state index in [2.05, 4.69) is 31.0 Å². The number of nitrogens with zero attached hydrogens (tertiary/aromatic N) is 5. The molecule has 1 saturated carbocycles. The number of hydrogen-bond acceptors (Lipinski definition) is 9. The highest BCUT2D eigenvalue weighted by Gasteiger charge is 2.47. The first-order valence-corrected chi connectivity index (χ1v) is 15.7. The standard InChI is InChI=1S/C34H32F2N6O3/c1-2-21-23(35)6-4-18-12-20(43)13-22(26(18)21)29-28(36)30-27-31(40-33(39-30)45-17-34(8-9-34)16-41-10-3-11-41)42-14-19-5-7-24(37-19)25(42)15-44-32(27)38-29/h1,4,6,12-13,19,24-25,37,43H,3,5,7-11,14-17H2/t19-,24+,25-/m1/s1. The first-order valence-electron chi connectivity index (χ1n) is 15.7. The molecule has 9 rings (SSSR count). The molecule has 1 aliphatic carbocycles. The number of benzene rings is 2. The van der Waals surface area contributed by atoms with Crippen molar-refractivity contribution in [1.29, 1.82) is 0 Å². The Morgan fingerprint density at radius 1 is 1.13 bits per heavy atom. The zero-order valence-electron chi connectivity index (χ0n) is 24.7. The zero-order valence-corrected chi connectivity index (χ0v) is 24.7. The highest BCUT2D eigenvalue weighted by Crippen LogP contribution is 2.48. The van der Waals surface area contributed by atoms with Crippen LogP contribution in [-0.2, 0) is 0 Å². The number of anilines is 1. The van der Waals surface area contributed by atoms with E-state index in [-0.39, 0.29) is 62.9 Å². The molecule has 3 saturated heterocycles. The Hall–Kier alpha value is -4.27. The van der Waals surface area contributed by atoms with Gasteiger partial charge in [-0.05, 0) is 68.8 Å². The van der Waals surface area contributed by atoms with Gasteiger partial charge in [-0.3, -0.25) is 0 Å². The predicted molar refractivity (Wildman–Crippen MR) is 165 cm³/mol. The number of phenols is 1. The molecule has 2 aromatic carbocycles. The van der Waals surface area contributed by atoms with Crippen molar-refractivity contribution >= 4 is 27.5 Å². The van der Waals surface area contributed by atoms with Gasteiger partial charge >= 0.3 is 6.01 Å². The second kappa shape index (κ2) is 9.86. The number of terminal acetylenes is 1. The van der Waals surface area contributed by atoms with E-state index in [0.717, 1.165) is 45.3 Å². The van der Waals surface area contributed by atoms with Crippen LogP contribution in [0.3, 0.4) is 0 Å². The molecule has 2 bridgehead atoms. The lowest BCUT2D eigenvalue weighted by Gasteiger charge is -2.40. The number of aromatic nitrogens is 3. The Morgan fingerprint density at radius 2 is 2.00 bits per heavy atom.